The number of nitrogens with zero attached hydrogens (tertiary/aromatic N) is 2. The molecule has 0 unspecified atom stereocenters. The van der Waals surface area contributed by atoms with Crippen LogP contribution in [0.15, 0.2) is 6.33 Å². The molecule has 0 saturated heterocycles. The molecule has 1 rings (SSSR count). The zero-order valence-corrected chi connectivity index (χ0v) is 7.30. The van der Waals surface area contributed by atoms with Crippen molar-refractivity contribution in [2.45, 2.75) is 13.1 Å². The van der Waals surface area contributed by atoms with Gasteiger partial charge in [-0.1, -0.05) is 0 Å². The van der Waals surface area contributed by atoms with Gasteiger partial charge in [-0.25, -0.2) is 9.97 Å². The lowest BCUT2D eigenvalue weighted by molar-refractivity contribution is -0.154. The highest BCUT2D eigenvalue weighted by atomic mass is 19.4. The normalized spacial score (nSPS) is 11.4. The van der Waals surface area contributed by atoms with E-state index in [1.54, 1.807) is 0 Å². The van der Waals surface area contributed by atoms with Crippen LogP contribution < -0.4 is 10.5 Å². The number of hydrogen-bond acceptors (Lipinski definition) is 4. The Morgan fingerprint density at radius 3 is 2.64 bits per heavy atom. The summed E-state index contributed by atoms with van der Waals surface area (Å²) in [5.41, 5.74) is 5.65. The molecule has 0 aromatic carbocycles. The Bertz CT molecular complexity index is 326. The Morgan fingerprint density at radius 2 is 2.07 bits per heavy atom. The maximum absolute atomic E-state index is 11.8. The van der Waals surface area contributed by atoms with Gasteiger partial charge in [0.05, 0.1) is 5.56 Å². The van der Waals surface area contributed by atoms with Crippen LogP contribution in [0.25, 0.3) is 0 Å². The van der Waals surface area contributed by atoms with Crippen molar-refractivity contribution < 1.29 is 17.9 Å². The summed E-state index contributed by atoms with van der Waals surface area (Å²) in [6.07, 6.45) is -3.33. The van der Waals surface area contributed by atoms with Gasteiger partial charge in [-0.2, -0.15) is 13.2 Å². The van der Waals surface area contributed by atoms with Crippen LogP contribution in [0.1, 0.15) is 5.56 Å². The Kier molecular flexibility index (Phi) is 2.78. The number of alkyl halides is 3. The van der Waals surface area contributed by atoms with Crippen molar-refractivity contribution in [3.63, 3.8) is 0 Å². The highest BCUT2D eigenvalue weighted by Gasteiger charge is 2.29. The Hall–Kier alpha value is -1.53. The van der Waals surface area contributed by atoms with Crippen LogP contribution >= 0.6 is 0 Å². The van der Waals surface area contributed by atoms with Crippen LogP contribution in [0.4, 0.5) is 19.0 Å². The molecule has 1 heterocycles. The predicted molar refractivity (Wildman–Crippen MR) is 42.7 cm³/mol. The number of hydrogen-bond donors (Lipinski definition) is 1. The van der Waals surface area contributed by atoms with E-state index in [-0.39, 0.29) is 11.7 Å². The topological polar surface area (TPSA) is 61.0 Å². The Morgan fingerprint density at radius 1 is 1.43 bits per heavy atom. The van der Waals surface area contributed by atoms with Crippen molar-refractivity contribution in [3.05, 3.63) is 11.9 Å². The molecule has 0 spiro atoms. The van der Waals surface area contributed by atoms with Crippen molar-refractivity contribution in [1.82, 2.24) is 9.97 Å². The summed E-state index contributed by atoms with van der Waals surface area (Å²) < 4.78 is 39.7. The predicted octanol–water partition coefficient (Wildman–Crippen LogP) is 1.31. The minimum Gasteiger partial charge on any atom is -0.468 e. The van der Waals surface area contributed by atoms with Crippen molar-refractivity contribution in [3.8, 4) is 5.88 Å². The van der Waals surface area contributed by atoms with E-state index in [1.807, 2.05) is 0 Å². The van der Waals surface area contributed by atoms with Gasteiger partial charge in [-0.3, -0.25) is 0 Å². The van der Waals surface area contributed by atoms with Crippen LogP contribution in [0.3, 0.4) is 0 Å². The number of rotatable bonds is 2. The molecule has 14 heavy (non-hydrogen) atoms. The monoisotopic (exact) mass is 207 g/mol. The van der Waals surface area contributed by atoms with E-state index in [0.717, 1.165) is 6.33 Å². The lowest BCUT2D eigenvalue weighted by Crippen LogP contribution is -2.20. The molecule has 0 atom stereocenters. The average molecular weight is 207 g/mol. The molecule has 2 N–H and O–H groups in total. The van der Waals surface area contributed by atoms with Crippen molar-refractivity contribution in [2.24, 2.45) is 0 Å². The van der Waals surface area contributed by atoms with Gasteiger partial charge < -0.3 is 10.5 Å². The molecule has 1 aromatic rings. The summed E-state index contributed by atoms with van der Waals surface area (Å²) in [7, 11) is 0. The smallest absolute Gasteiger partial charge is 0.422 e. The van der Waals surface area contributed by atoms with Gasteiger partial charge in [0.2, 0.25) is 5.88 Å². The number of nitrogens with two attached hydrogens (primary N) is 1. The first-order valence-electron chi connectivity index (χ1n) is 3.67. The molecule has 0 bridgehead atoms. The quantitative estimate of drug-likeness (QED) is 0.794. The van der Waals surface area contributed by atoms with Crippen LogP contribution in [0.5, 0.6) is 5.88 Å². The molecule has 4 nitrogen and oxygen atoms in total. The molecule has 0 saturated carbocycles. The van der Waals surface area contributed by atoms with Gasteiger partial charge in [0.15, 0.2) is 6.61 Å². The second-order valence-corrected chi connectivity index (χ2v) is 2.59. The van der Waals surface area contributed by atoms with E-state index in [9.17, 15) is 13.2 Å². The van der Waals surface area contributed by atoms with Gasteiger partial charge in [0.1, 0.15) is 12.1 Å². The fourth-order valence-corrected chi connectivity index (χ4v) is 0.742. The molecule has 78 valence electrons. The zero-order chi connectivity index (χ0) is 10.8. The molecular weight excluding hydrogens is 199 g/mol. The number of nitrogen functional groups attached to an aromatic ring is 1. The third-order valence-corrected chi connectivity index (χ3v) is 1.45. The van der Waals surface area contributed by atoms with E-state index in [4.69, 9.17) is 5.73 Å². The van der Waals surface area contributed by atoms with Crippen LogP contribution in [-0.2, 0) is 0 Å². The number of aromatic nitrogens is 2. The van der Waals surface area contributed by atoms with Crippen LogP contribution in [-0.4, -0.2) is 22.8 Å². The summed E-state index contributed by atoms with van der Waals surface area (Å²) in [5.74, 6) is -0.0352. The van der Waals surface area contributed by atoms with Gasteiger partial charge in [0, 0.05) is 0 Å². The maximum atomic E-state index is 11.8. The van der Waals surface area contributed by atoms with Crippen molar-refractivity contribution >= 4 is 5.82 Å². The molecular formula is C7H8F3N3O. The molecule has 0 aliphatic carbocycles. The molecule has 7 heteroatoms. The SMILES string of the molecule is Cc1c(N)ncnc1OCC(F)(F)F. The average Bonchev–Trinajstić information content (AvgIpc) is 2.06. The fourth-order valence-electron chi connectivity index (χ4n) is 0.742. The second-order valence-electron chi connectivity index (χ2n) is 2.59. The number of ether oxygens (including phenoxy) is 1. The van der Waals surface area contributed by atoms with Gasteiger partial charge in [0.25, 0.3) is 0 Å². The van der Waals surface area contributed by atoms with E-state index >= 15 is 0 Å². The van der Waals surface area contributed by atoms with E-state index < -0.39 is 12.8 Å². The highest BCUT2D eigenvalue weighted by Crippen LogP contribution is 2.21. The molecule has 1 aromatic heterocycles. The lowest BCUT2D eigenvalue weighted by Gasteiger charge is -2.10. The van der Waals surface area contributed by atoms with Crippen LogP contribution in [0, 0.1) is 6.92 Å². The van der Waals surface area contributed by atoms with Crippen LogP contribution in [0.2, 0.25) is 0 Å². The first kappa shape index (κ1) is 10.6. The third-order valence-electron chi connectivity index (χ3n) is 1.45. The molecule has 0 aliphatic heterocycles. The number of anilines is 1. The standard InChI is InChI=1S/C7H8F3N3O/c1-4-5(11)12-3-13-6(4)14-2-7(8,9)10/h3H,2H2,1H3,(H2,11,12,13). The Labute approximate surface area is 77.9 Å². The third kappa shape index (κ3) is 2.75. The van der Waals surface area contributed by atoms with E-state index in [2.05, 4.69) is 14.7 Å². The molecule has 0 amide bonds. The summed E-state index contributed by atoms with van der Waals surface area (Å²) in [6, 6.07) is 0. The first-order valence-corrected chi connectivity index (χ1v) is 3.67. The number of halogens is 3. The van der Waals surface area contributed by atoms with E-state index in [1.165, 1.54) is 6.92 Å². The second kappa shape index (κ2) is 3.69. The summed E-state index contributed by atoms with van der Waals surface area (Å²) in [5, 5.41) is 0. The minimum atomic E-state index is -4.38. The summed E-state index contributed by atoms with van der Waals surface area (Å²) >= 11 is 0. The lowest BCUT2D eigenvalue weighted by atomic mass is 10.3. The first-order chi connectivity index (χ1) is 6.40. The zero-order valence-electron chi connectivity index (χ0n) is 7.30. The van der Waals surface area contributed by atoms with E-state index in [0.29, 0.717) is 5.56 Å². The van der Waals surface area contributed by atoms with Gasteiger partial charge in [-0.05, 0) is 6.92 Å². The largest absolute Gasteiger partial charge is 0.468 e. The fraction of sp³-hybridized carbons (Fsp3) is 0.429. The summed E-state index contributed by atoms with van der Waals surface area (Å²) in [6.45, 7) is 0.103. The maximum Gasteiger partial charge on any atom is 0.422 e. The molecule has 0 fully saturated rings. The highest BCUT2D eigenvalue weighted by molar-refractivity contribution is 5.43. The molecule has 0 aliphatic rings. The Balaban J connectivity index is 2.73. The minimum absolute atomic E-state index is 0.108. The summed E-state index contributed by atoms with van der Waals surface area (Å²) in [4.78, 5) is 7.12. The van der Waals surface area contributed by atoms with Crippen molar-refractivity contribution in [1.29, 1.82) is 0 Å². The van der Waals surface area contributed by atoms with Gasteiger partial charge in [-0.15, -0.1) is 0 Å². The van der Waals surface area contributed by atoms with Crippen molar-refractivity contribution in [2.75, 3.05) is 12.3 Å². The molecule has 0 radical (unpaired) electrons. The van der Waals surface area contributed by atoms with Gasteiger partial charge >= 0.3 is 6.18 Å².